The molecule has 9 heteroatoms. The van der Waals surface area contributed by atoms with Crippen LogP contribution in [0.5, 0.6) is 5.75 Å². The van der Waals surface area contributed by atoms with Crippen molar-refractivity contribution in [1.29, 1.82) is 0 Å². The second-order valence-electron chi connectivity index (χ2n) is 7.79. The van der Waals surface area contributed by atoms with Gasteiger partial charge in [0.25, 0.3) is 0 Å². The molecule has 0 aliphatic carbocycles. The lowest BCUT2D eigenvalue weighted by Crippen LogP contribution is -2.53. The third kappa shape index (κ3) is 4.16. The summed E-state index contributed by atoms with van der Waals surface area (Å²) in [6.07, 6.45) is 0.973. The summed E-state index contributed by atoms with van der Waals surface area (Å²) in [6.45, 7) is 5.71. The highest BCUT2D eigenvalue weighted by Gasteiger charge is 2.39. The van der Waals surface area contributed by atoms with Crippen LogP contribution in [0.4, 0.5) is 0 Å². The topological polar surface area (TPSA) is 92.0 Å². The van der Waals surface area contributed by atoms with E-state index < -0.39 is 6.04 Å². The zero-order valence-electron chi connectivity index (χ0n) is 17.4. The molecular weight excluding hydrogens is 386 g/mol. The van der Waals surface area contributed by atoms with E-state index in [2.05, 4.69) is 15.2 Å². The number of nitrogens with zero attached hydrogens (tertiary/aromatic N) is 5. The number of hydrogen-bond donors (Lipinski definition) is 0. The summed E-state index contributed by atoms with van der Waals surface area (Å²) in [5.74, 6) is 0.788. The standard InChI is InChI=1S/C21H27N5O4/c1-15-17(23-30-22-15)14-24-9-11-25(12-10-24)21(28)18-7-8-20(27)26(18)13-16-5-3-4-6-19(16)29-2/h3-6,18H,7-14H2,1-2H3. The van der Waals surface area contributed by atoms with Gasteiger partial charge < -0.3 is 14.5 Å². The summed E-state index contributed by atoms with van der Waals surface area (Å²) in [5.41, 5.74) is 2.54. The summed E-state index contributed by atoms with van der Waals surface area (Å²) in [4.78, 5) is 31.6. The molecule has 0 N–H and O–H groups in total. The fraction of sp³-hybridized carbons (Fsp3) is 0.524. The summed E-state index contributed by atoms with van der Waals surface area (Å²) in [5, 5.41) is 7.75. The van der Waals surface area contributed by atoms with E-state index in [0.717, 1.165) is 35.8 Å². The van der Waals surface area contributed by atoms with E-state index in [1.807, 2.05) is 36.1 Å². The van der Waals surface area contributed by atoms with Crippen molar-refractivity contribution in [2.24, 2.45) is 0 Å². The molecule has 2 amide bonds. The Labute approximate surface area is 175 Å². The fourth-order valence-corrected chi connectivity index (χ4v) is 4.15. The van der Waals surface area contributed by atoms with E-state index in [0.29, 0.717) is 39.0 Å². The average Bonchev–Trinajstić information content (AvgIpc) is 3.34. The minimum Gasteiger partial charge on any atom is -0.496 e. The number of hydrogen-bond acceptors (Lipinski definition) is 7. The minimum atomic E-state index is -0.407. The maximum absolute atomic E-state index is 13.2. The van der Waals surface area contributed by atoms with Gasteiger partial charge in [0.15, 0.2) is 0 Å². The second kappa shape index (κ2) is 8.83. The molecule has 2 aliphatic heterocycles. The summed E-state index contributed by atoms with van der Waals surface area (Å²) in [6, 6.07) is 7.22. The van der Waals surface area contributed by atoms with Gasteiger partial charge in [0.1, 0.15) is 23.2 Å². The van der Waals surface area contributed by atoms with Gasteiger partial charge >= 0.3 is 0 Å². The zero-order valence-corrected chi connectivity index (χ0v) is 17.4. The predicted molar refractivity (Wildman–Crippen MR) is 107 cm³/mol. The number of ether oxygens (including phenoxy) is 1. The van der Waals surface area contributed by atoms with Crippen molar-refractivity contribution in [1.82, 2.24) is 25.0 Å². The Balaban J connectivity index is 1.37. The Morgan fingerprint density at radius 2 is 1.93 bits per heavy atom. The Morgan fingerprint density at radius 1 is 1.17 bits per heavy atom. The molecule has 0 radical (unpaired) electrons. The molecule has 30 heavy (non-hydrogen) atoms. The fourth-order valence-electron chi connectivity index (χ4n) is 4.15. The number of aromatic nitrogens is 2. The first kappa shape index (κ1) is 20.3. The number of amides is 2. The molecular formula is C21H27N5O4. The molecule has 2 fully saturated rings. The van der Waals surface area contributed by atoms with E-state index in [1.165, 1.54) is 0 Å². The van der Waals surface area contributed by atoms with Gasteiger partial charge in [0.05, 0.1) is 13.7 Å². The Kier molecular flexibility index (Phi) is 5.98. The van der Waals surface area contributed by atoms with Gasteiger partial charge in [-0.05, 0) is 19.4 Å². The summed E-state index contributed by atoms with van der Waals surface area (Å²) in [7, 11) is 1.61. The van der Waals surface area contributed by atoms with Crippen molar-refractivity contribution in [3.8, 4) is 5.75 Å². The van der Waals surface area contributed by atoms with Crippen LogP contribution in [0.2, 0.25) is 0 Å². The molecule has 9 nitrogen and oxygen atoms in total. The molecule has 0 bridgehead atoms. The molecule has 1 unspecified atom stereocenters. The predicted octanol–water partition coefficient (Wildman–Crippen LogP) is 1.22. The first-order valence-electron chi connectivity index (χ1n) is 10.3. The van der Waals surface area contributed by atoms with Gasteiger partial charge in [0.2, 0.25) is 11.8 Å². The van der Waals surface area contributed by atoms with Crippen molar-refractivity contribution in [3.05, 3.63) is 41.2 Å². The molecule has 160 valence electrons. The SMILES string of the molecule is COc1ccccc1CN1C(=O)CCC1C(=O)N1CCN(Cc2nonc2C)CC1. The lowest BCUT2D eigenvalue weighted by Gasteiger charge is -2.37. The quantitative estimate of drug-likeness (QED) is 0.703. The third-order valence-electron chi connectivity index (χ3n) is 5.95. The molecule has 1 aromatic carbocycles. The van der Waals surface area contributed by atoms with Crippen molar-refractivity contribution in [2.75, 3.05) is 33.3 Å². The van der Waals surface area contributed by atoms with Crippen LogP contribution in [0, 0.1) is 6.92 Å². The normalized spacial score (nSPS) is 20.1. The Bertz CT molecular complexity index is 906. The molecule has 0 spiro atoms. The number of rotatable bonds is 6. The van der Waals surface area contributed by atoms with Crippen molar-refractivity contribution >= 4 is 11.8 Å². The largest absolute Gasteiger partial charge is 0.496 e. The van der Waals surface area contributed by atoms with Crippen molar-refractivity contribution in [3.63, 3.8) is 0 Å². The van der Waals surface area contributed by atoms with Gasteiger partial charge in [-0.25, -0.2) is 4.63 Å². The molecule has 1 atom stereocenters. The van der Waals surface area contributed by atoms with Crippen LogP contribution in [0.15, 0.2) is 28.9 Å². The van der Waals surface area contributed by atoms with E-state index >= 15 is 0 Å². The van der Waals surface area contributed by atoms with Gasteiger partial charge in [-0.3, -0.25) is 14.5 Å². The van der Waals surface area contributed by atoms with Crippen LogP contribution >= 0.6 is 0 Å². The van der Waals surface area contributed by atoms with Crippen molar-refractivity contribution < 1.29 is 19.0 Å². The maximum Gasteiger partial charge on any atom is 0.245 e. The third-order valence-corrected chi connectivity index (χ3v) is 5.95. The van der Waals surface area contributed by atoms with E-state index in [4.69, 9.17) is 9.37 Å². The van der Waals surface area contributed by atoms with Crippen LogP contribution in [0.3, 0.4) is 0 Å². The van der Waals surface area contributed by atoms with E-state index in [-0.39, 0.29) is 11.8 Å². The van der Waals surface area contributed by atoms with Crippen LogP contribution in [0.25, 0.3) is 0 Å². The van der Waals surface area contributed by atoms with Gasteiger partial charge in [-0.15, -0.1) is 0 Å². The number of piperazine rings is 1. The minimum absolute atomic E-state index is 0.0203. The highest BCUT2D eigenvalue weighted by molar-refractivity contribution is 5.91. The Hall–Kier alpha value is -2.94. The van der Waals surface area contributed by atoms with Crippen LogP contribution in [-0.4, -0.2) is 76.2 Å². The molecule has 3 heterocycles. The first-order chi connectivity index (χ1) is 14.6. The summed E-state index contributed by atoms with van der Waals surface area (Å²) >= 11 is 0. The molecule has 1 aromatic heterocycles. The number of carbonyl (C=O) groups excluding carboxylic acids is 2. The van der Waals surface area contributed by atoms with Crippen LogP contribution in [0.1, 0.15) is 29.8 Å². The highest BCUT2D eigenvalue weighted by Crippen LogP contribution is 2.27. The molecule has 4 rings (SSSR count). The molecule has 2 aromatic rings. The van der Waals surface area contributed by atoms with Crippen molar-refractivity contribution in [2.45, 2.75) is 38.9 Å². The smallest absolute Gasteiger partial charge is 0.245 e. The maximum atomic E-state index is 13.2. The van der Waals surface area contributed by atoms with Gasteiger partial charge in [-0.2, -0.15) is 0 Å². The highest BCUT2D eigenvalue weighted by atomic mass is 16.6. The second-order valence-corrected chi connectivity index (χ2v) is 7.79. The number of likely N-dealkylation sites (tertiary alicyclic amines) is 1. The lowest BCUT2D eigenvalue weighted by atomic mass is 10.1. The zero-order chi connectivity index (χ0) is 21.1. The molecule has 2 aliphatic rings. The van der Waals surface area contributed by atoms with Gasteiger partial charge in [0, 0.05) is 44.7 Å². The van der Waals surface area contributed by atoms with Gasteiger partial charge in [-0.1, -0.05) is 28.5 Å². The monoisotopic (exact) mass is 413 g/mol. The van der Waals surface area contributed by atoms with Crippen LogP contribution in [-0.2, 0) is 22.7 Å². The Morgan fingerprint density at radius 3 is 2.63 bits per heavy atom. The summed E-state index contributed by atoms with van der Waals surface area (Å²) < 4.78 is 10.2. The van der Waals surface area contributed by atoms with E-state index in [1.54, 1.807) is 12.0 Å². The van der Waals surface area contributed by atoms with E-state index in [9.17, 15) is 9.59 Å². The number of para-hydroxylation sites is 1. The lowest BCUT2D eigenvalue weighted by molar-refractivity contribution is -0.143. The van der Waals surface area contributed by atoms with Crippen LogP contribution < -0.4 is 4.74 Å². The molecule has 0 saturated carbocycles. The first-order valence-corrected chi connectivity index (χ1v) is 10.3. The number of benzene rings is 1. The number of aryl methyl sites for hydroxylation is 1. The number of carbonyl (C=O) groups is 2. The number of methoxy groups -OCH3 is 1. The molecule has 2 saturated heterocycles. The average molecular weight is 413 g/mol.